The number of aromatic carboxylic acids is 1. The van der Waals surface area contributed by atoms with Crippen LogP contribution in [0.25, 0.3) is 11.3 Å². The predicted molar refractivity (Wildman–Crippen MR) is 156 cm³/mol. The third kappa shape index (κ3) is 5.99. The molecule has 2 aromatic rings. The Morgan fingerprint density at radius 2 is 1.92 bits per heavy atom. The molecule has 2 heterocycles. The molecule has 212 valence electrons. The van der Waals surface area contributed by atoms with Gasteiger partial charge >= 0.3 is 5.97 Å². The molecular weight excluding hydrogens is 490 g/mol. The third-order valence-electron chi connectivity index (χ3n) is 8.59. The van der Waals surface area contributed by atoms with E-state index < -0.39 is 11.4 Å². The molecule has 2 aliphatic rings. The highest BCUT2D eigenvalue weighted by molar-refractivity contribution is 5.87. The van der Waals surface area contributed by atoms with Crippen molar-refractivity contribution in [1.29, 1.82) is 0 Å². The summed E-state index contributed by atoms with van der Waals surface area (Å²) in [6.45, 7) is 12.3. The molecule has 1 fully saturated rings. The van der Waals surface area contributed by atoms with Gasteiger partial charge in [-0.25, -0.2) is 4.79 Å². The standard InChI is InChI=1S/C32H45N3O4/c1-9-21(2)28-22(13-14-32(15-16-32)20-39-33(6)7)11-10-12-23(28)29-25-17-26(36)24(30(37)38)18-35(25)27(19-34(29)8)31(3,4)5/h10-12,17-18,27H,9,13-16,19-20H2,1-8H3,(H,37,38)/b28-21-,29-23-. The summed E-state index contributed by atoms with van der Waals surface area (Å²) in [5.41, 5.74) is 3.85. The molecule has 7 heteroatoms. The highest BCUT2D eigenvalue weighted by Gasteiger charge is 2.42. The normalized spacial score (nSPS) is 20.6. The van der Waals surface area contributed by atoms with Gasteiger partial charge in [0.25, 0.3) is 0 Å². The topological polar surface area (TPSA) is 75.0 Å². The zero-order valence-corrected chi connectivity index (χ0v) is 24.9. The first-order chi connectivity index (χ1) is 18.3. The lowest BCUT2D eigenvalue weighted by Crippen LogP contribution is -2.46. The number of fused-ring (bicyclic) bond motifs is 1. The fourth-order valence-electron chi connectivity index (χ4n) is 5.82. The van der Waals surface area contributed by atoms with Gasteiger partial charge in [0.1, 0.15) is 5.56 Å². The lowest BCUT2D eigenvalue weighted by molar-refractivity contribution is -0.137. The van der Waals surface area contributed by atoms with Gasteiger partial charge in [-0.05, 0) is 60.6 Å². The SMILES string of the molecule is CC/C(C)=c1/c(CCC2(CON(C)C)CC2)ccc/c1=C1\c2cc(=O)c(C(=O)O)cn2C(C(C)(C)C)CN1C. The summed E-state index contributed by atoms with van der Waals surface area (Å²) < 4.78 is 2.04. The van der Waals surface area contributed by atoms with Crippen LogP contribution in [0.1, 0.15) is 88.0 Å². The molecule has 0 amide bonds. The van der Waals surface area contributed by atoms with Crippen LogP contribution in [0.3, 0.4) is 0 Å². The molecule has 1 atom stereocenters. The van der Waals surface area contributed by atoms with E-state index in [-0.39, 0.29) is 22.4 Å². The Hall–Kier alpha value is -2.90. The number of benzene rings is 1. The van der Waals surface area contributed by atoms with Gasteiger partial charge in [0, 0.05) is 45.2 Å². The monoisotopic (exact) mass is 535 g/mol. The van der Waals surface area contributed by atoms with E-state index in [1.54, 1.807) is 11.3 Å². The Labute approximate surface area is 232 Å². The number of hydroxylamine groups is 2. The summed E-state index contributed by atoms with van der Waals surface area (Å²) in [5, 5.41) is 13.9. The molecule has 4 rings (SSSR count). The third-order valence-corrected chi connectivity index (χ3v) is 8.59. The van der Waals surface area contributed by atoms with E-state index in [9.17, 15) is 14.7 Å². The number of aromatic nitrogens is 1. The molecule has 7 nitrogen and oxygen atoms in total. The van der Waals surface area contributed by atoms with Crippen molar-refractivity contribution in [3.63, 3.8) is 0 Å². The lowest BCUT2D eigenvalue weighted by atomic mass is 9.84. The Bertz CT molecular complexity index is 1430. The Balaban J connectivity index is 1.94. The van der Waals surface area contributed by atoms with Crippen molar-refractivity contribution in [1.82, 2.24) is 14.5 Å². The van der Waals surface area contributed by atoms with Crippen LogP contribution in [0.5, 0.6) is 0 Å². The number of likely N-dealkylation sites (N-methyl/N-ethyl adjacent to an activating group) is 1. The van der Waals surface area contributed by atoms with Crippen LogP contribution < -0.4 is 15.9 Å². The van der Waals surface area contributed by atoms with Gasteiger partial charge in [0.2, 0.25) is 0 Å². The molecule has 0 bridgehead atoms. The van der Waals surface area contributed by atoms with Gasteiger partial charge in [-0.3, -0.25) is 9.63 Å². The van der Waals surface area contributed by atoms with Crippen molar-refractivity contribution < 1.29 is 14.7 Å². The highest BCUT2D eigenvalue weighted by atomic mass is 16.7. The van der Waals surface area contributed by atoms with E-state index in [4.69, 9.17) is 4.84 Å². The van der Waals surface area contributed by atoms with Crippen molar-refractivity contribution in [2.24, 2.45) is 10.8 Å². The Kier molecular flexibility index (Phi) is 8.16. The number of carbonyl (C=O) groups is 1. The molecular formula is C32H45N3O4. The Morgan fingerprint density at radius 3 is 2.49 bits per heavy atom. The summed E-state index contributed by atoms with van der Waals surface area (Å²) in [7, 11) is 5.95. The smallest absolute Gasteiger partial charge is 0.341 e. The second kappa shape index (κ2) is 10.9. The van der Waals surface area contributed by atoms with Gasteiger partial charge in [0.15, 0.2) is 5.43 Å². The van der Waals surface area contributed by atoms with Crippen LogP contribution >= 0.6 is 0 Å². The largest absolute Gasteiger partial charge is 0.477 e. The molecule has 0 radical (unpaired) electrons. The number of carboxylic acid groups (broad SMARTS) is 1. The molecule has 1 aromatic carbocycles. The molecule has 1 N–H and O–H groups in total. The van der Waals surface area contributed by atoms with Crippen molar-refractivity contribution in [2.45, 2.75) is 72.8 Å². The molecule has 1 aliphatic heterocycles. The number of carboxylic acids is 1. The van der Waals surface area contributed by atoms with E-state index in [0.29, 0.717) is 6.54 Å². The van der Waals surface area contributed by atoms with E-state index >= 15 is 0 Å². The fraction of sp³-hybridized carbons (Fsp3) is 0.562. The van der Waals surface area contributed by atoms with E-state index in [1.807, 2.05) is 18.7 Å². The fourth-order valence-corrected chi connectivity index (χ4v) is 5.82. The van der Waals surface area contributed by atoms with E-state index in [0.717, 1.165) is 42.5 Å². The van der Waals surface area contributed by atoms with Gasteiger partial charge in [-0.2, -0.15) is 5.06 Å². The van der Waals surface area contributed by atoms with Crippen molar-refractivity contribution in [3.05, 3.63) is 67.9 Å². The summed E-state index contributed by atoms with van der Waals surface area (Å²) in [6, 6.07) is 8.06. The summed E-state index contributed by atoms with van der Waals surface area (Å²) in [4.78, 5) is 33.0. The zero-order chi connectivity index (χ0) is 28.7. The predicted octanol–water partition coefficient (Wildman–Crippen LogP) is 4.02. The average Bonchev–Trinajstić information content (AvgIpc) is 3.64. The first-order valence-electron chi connectivity index (χ1n) is 14.1. The van der Waals surface area contributed by atoms with Crippen LogP contribution in [-0.4, -0.2) is 59.9 Å². The number of nitrogens with zero attached hydrogens (tertiary/aromatic N) is 3. The van der Waals surface area contributed by atoms with Gasteiger partial charge < -0.3 is 14.6 Å². The minimum Gasteiger partial charge on any atom is -0.477 e. The van der Waals surface area contributed by atoms with Crippen molar-refractivity contribution in [3.8, 4) is 0 Å². The lowest BCUT2D eigenvalue weighted by Gasteiger charge is -2.43. The summed E-state index contributed by atoms with van der Waals surface area (Å²) in [5.74, 6) is -1.19. The van der Waals surface area contributed by atoms with Crippen LogP contribution in [0.4, 0.5) is 0 Å². The number of hydrogen-bond acceptors (Lipinski definition) is 5. The second-order valence-electron chi connectivity index (χ2n) is 12.8. The van der Waals surface area contributed by atoms with E-state index in [2.05, 4.69) is 64.8 Å². The van der Waals surface area contributed by atoms with Crippen LogP contribution in [-0.2, 0) is 11.3 Å². The molecule has 0 spiro atoms. The molecule has 1 unspecified atom stereocenters. The Morgan fingerprint density at radius 1 is 1.23 bits per heavy atom. The van der Waals surface area contributed by atoms with Crippen molar-refractivity contribution >= 4 is 17.2 Å². The number of rotatable bonds is 8. The molecule has 0 saturated heterocycles. The van der Waals surface area contributed by atoms with Crippen LogP contribution in [0.15, 0.2) is 35.3 Å². The minimum absolute atomic E-state index is 0.00857. The second-order valence-corrected chi connectivity index (χ2v) is 12.8. The van der Waals surface area contributed by atoms with Crippen LogP contribution in [0, 0.1) is 10.8 Å². The maximum absolute atomic E-state index is 13.0. The van der Waals surface area contributed by atoms with Gasteiger partial charge in [-0.15, -0.1) is 0 Å². The molecule has 39 heavy (non-hydrogen) atoms. The summed E-state index contributed by atoms with van der Waals surface area (Å²) in [6.07, 6.45) is 6.91. The van der Waals surface area contributed by atoms with Gasteiger partial charge in [0.05, 0.1) is 24.0 Å². The first kappa shape index (κ1) is 29.1. The van der Waals surface area contributed by atoms with Gasteiger partial charge in [-0.1, -0.05) is 51.5 Å². The number of aryl methyl sites for hydroxylation is 1. The summed E-state index contributed by atoms with van der Waals surface area (Å²) >= 11 is 0. The minimum atomic E-state index is -1.19. The average molecular weight is 536 g/mol. The quantitative estimate of drug-likeness (QED) is 0.515. The first-order valence-corrected chi connectivity index (χ1v) is 14.1. The molecule has 1 aliphatic carbocycles. The number of hydrogen-bond donors (Lipinski definition) is 1. The number of pyridine rings is 1. The van der Waals surface area contributed by atoms with E-state index in [1.165, 1.54) is 35.3 Å². The van der Waals surface area contributed by atoms with Crippen molar-refractivity contribution in [2.75, 3.05) is 34.3 Å². The van der Waals surface area contributed by atoms with Crippen LogP contribution in [0.2, 0.25) is 0 Å². The molecule has 1 aromatic heterocycles. The molecule has 1 saturated carbocycles. The highest BCUT2D eigenvalue weighted by Crippen LogP contribution is 2.49. The maximum atomic E-state index is 13.0. The zero-order valence-electron chi connectivity index (χ0n) is 24.9. The maximum Gasteiger partial charge on any atom is 0.341 e.